The molecule has 0 fully saturated rings. The van der Waals surface area contributed by atoms with Gasteiger partial charge in [0.2, 0.25) is 5.91 Å². The molecule has 140 valence electrons. The fourth-order valence-corrected chi connectivity index (χ4v) is 3.95. The maximum absolute atomic E-state index is 13.2. The van der Waals surface area contributed by atoms with Crippen LogP contribution in [-0.4, -0.2) is 35.0 Å². The van der Waals surface area contributed by atoms with Crippen molar-refractivity contribution in [1.29, 1.82) is 0 Å². The number of rotatable bonds is 7. The summed E-state index contributed by atoms with van der Waals surface area (Å²) < 4.78 is 0. The lowest BCUT2D eigenvalue weighted by Gasteiger charge is -2.38. The lowest BCUT2D eigenvalue weighted by molar-refractivity contribution is -0.137. The summed E-state index contributed by atoms with van der Waals surface area (Å²) in [5.74, 6) is -0.672. The summed E-state index contributed by atoms with van der Waals surface area (Å²) in [6, 6.07) is 5.31. The summed E-state index contributed by atoms with van der Waals surface area (Å²) >= 11 is 0. The quantitative estimate of drug-likeness (QED) is 0.743. The number of benzene rings is 1. The van der Waals surface area contributed by atoms with E-state index in [2.05, 4.69) is 26.5 Å². The van der Waals surface area contributed by atoms with E-state index in [0.717, 1.165) is 17.5 Å². The van der Waals surface area contributed by atoms with Crippen LogP contribution in [0.1, 0.15) is 54.6 Å². The molecule has 1 aromatic carbocycles. The molecule has 1 aromatic rings. The van der Waals surface area contributed by atoms with E-state index in [-0.39, 0.29) is 29.2 Å². The first-order valence-corrected chi connectivity index (χ1v) is 9.33. The standard InChI is InChI=1S/C22H29NO3/c1-5-8-18-15(4)20(21(24)23(11-6-2)12-7-3)14-17-13-16(22(25)26)9-10-19(17)18/h5-6,8-10,13,15,18,20H,2,7,11-12,14H2,1,3-4H3,(H,25,26)/b8-5-. The normalized spacial score (nSPS) is 22.0. The molecule has 0 saturated heterocycles. The van der Waals surface area contributed by atoms with Crippen LogP contribution in [0.3, 0.4) is 0 Å². The first-order chi connectivity index (χ1) is 12.4. The molecule has 2 rings (SSSR count). The van der Waals surface area contributed by atoms with Crippen molar-refractivity contribution in [2.75, 3.05) is 13.1 Å². The zero-order valence-corrected chi connectivity index (χ0v) is 15.9. The van der Waals surface area contributed by atoms with Crippen molar-refractivity contribution in [3.05, 3.63) is 59.7 Å². The van der Waals surface area contributed by atoms with Gasteiger partial charge < -0.3 is 10.0 Å². The second kappa shape index (κ2) is 8.84. The second-order valence-corrected chi connectivity index (χ2v) is 7.01. The Morgan fingerprint density at radius 2 is 2.12 bits per heavy atom. The Balaban J connectivity index is 2.43. The van der Waals surface area contributed by atoms with Crippen molar-refractivity contribution in [3.63, 3.8) is 0 Å². The Labute approximate surface area is 156 Å². The summed E-state index contributed by atoms with van der Waals surface area (Å²) in [5, 5.41) is 9.31. The van der Waals surface area contributed by atoms with Crippen molar-refractivity contribution in [2.45, 2.75) is 39.5 Å². The lowest BCUT2D eigenvalue weighted by atomic mass is 9.69. The number of amides is 1. The highest BCUT2D eigenvalue weighted by Crippen LogP contribution is 2.41. The monoisotopic (exact) mass is 355 g/mol. The summed E-state index contributed by atoms with van der Waals surface area (Å²) in [6.07, 6.45) is 7.39. The molecule has 0 bridgehead atoms. The molecule has 4 nitrogen and oxygen atoms in total. The van der Waals surface area contributed by atoms with Crippen LogP contribution in [0, 0.1) is 11.8 Å². The fourth-order valence-electron chi connectivity index (χ4n) is 3.95. The van der Waals surface area contributed by atoms with Gasteiger partial charge >= 0.3 is 5.97 Å². The van der Waals surface area contributed by atoms with Crippen molar-refractivity contribution in [2.24, 2.45) is 11.8 Å². The second-order valence-electron chi connectivity index (χ2n) is 7.01. The predicted octanol–water partition coefficient (Wildman–Crippen LogP) is 4.28. The van der Waals surface area contributed by atoms with E-state index in [9.17, 15) is 14.7 Å². The van der Waals surface area contributed by atoms with Crippen LogP contribution in [0.15, 0.2) is 43.0 Å². The van der Waals surface area contributed by atoms with Gasteiger partial charge in [0.15, 0.2) is 0 Å². The first-order valence-electron chi connectivity index (χ1n) is 9.33. The van der Waals surface area contributed by atoms with Crippen molar-refractivity contribution >= 4 is 11.9 Å². The summed E-state index contributed by atoms with van der Waals surface area (Å²) in [7, 11) is 0. The number of carboxylic acids is 1. The smallest absolute Gasteiger partial charge is 0.335 e. The third-order valence-corrected chi connectivity index (χ3v) is 5.26. The van der Waals surface area contributed by atoms with Crippen molar-refractivity contribution < 1.29 is 14.7 Å². The number of hydrogen-bond donors (Lipinski definition) is 1. The van der Waals surface area contributed by atoms with E-state index in [4.69, 9.17) is 0 Å². The molecule has 1 N–H and O–H groups in total. The van der Waals surface area contributed by atoms with Gasteiger partial charge in [-0.1, -0.05) is 38.1 Å². The van der Waals surface area contributed by atoms with Gasteiger partial charge in [0.25, 0.3) is 0 Å². The van der Waals surface area contributed by atoms with Crippen molar-refractivity contribution in [1.82, 2.24) is 4.90 Å². The Morgan fingerprint density at radius 3 is 2.69 bits per heavy atom. The Hall–Kier alpha value is -2.36. The van der Waals surface area contributed by atoms with Gasteiger partial charge in [-0.25, -0.2) is 4.79 Å². The molecule has 0 heterocycles. The Morgan fingerprint density at radius 1 is 1.38 bits per heavy atom. The molecular formula is C22H29NO3. The zero-order chi connectivity index (χ0) is 19.3. The molecule has 0 aromatic heterocycles. The fraction of sp³-hybridized carbons (Fsp3) is 0.455. The van der Waals surface area contributed by atoms with Crippen LogP contribution in [0.25, 0.3) is 0 Å². The van der Waals surface area contributed by atoms with Gasteiger partial charge in [0.05, 0.1) is 5.56 Å². The van der Waals surface area contributed by atoms with Crippen LogP contribution >= 0.6 is 0 Å². The molecule has 0 spiro atoms. The number of aromatic carboxylic acids is 1. The molecule has 0 saturated carbocycles. The third kappa shape index (κ3) is 4.06. The third-order valence-electron chi connectivity index (χ3n) is 5.26. The maximum Gasteiger partial charge on any atom is 0.335 e. The van der Waals surface area contributed by atoms with E-state index < -0.39 is 5.97 Å². The molecule has 4 heteroatoms. The predicted molar refractivity (Wildman–Crippen MR) is 104 cm³/mol. The zero-order valence-electron chi connectivity index (χ0n) is 15.9. The molecule has 0 aliphatic heterocycles. The molecule has 3 unspecified atom stereocenters. The van der Waals surface area contributed by atoms with Gasteiger partial charge in [-0.05, 0) is 48.9 Å². The van der Waals surface area contributed by atoms with Crippen molar-refractivity contribution in [3.8, 4) is 0 Å². The molecule has 26 heavy (non-hydrogen) atoms. The van der Waals surface area contributed by atoms with E-state index in [0.29, 0.717) is 19.5 Å². The Bertz CT molecular complexity index is 707. The number of hydrogen-bond acceptors (Lipinski definition) is 2. The molecule has 1 amide bonds. The number of allylic oxidation sites excluding steroid dienone is 2. The van der Waals surface area contributed by atoms with Gasteiger partial charge in [-0.3, -0.25) is 4.79 Å². The van der Waals surface area contributed by atoms with Crippen LogP contribution in [0.2, 0.25) is 0 Å². The number of carboxylic acid groups (broad SMARTS) is 1. The van der Waals surface area contributed by atoms with Gasteiger partial charge in [0, 0.05) is 24.9 Å². The highest BCUT2D eigenvalue weighted by atomic mass is 16.4. The average Bonchev–Trinajstić information content (AvgIpc) is 2.62. The van der Waals surface area contributed by atoms with Crippen LogP contribution in [0.4, 0.5) is 0 Å². The summed E-state index contributed by atoms with van der Waals surface area (Å²) in [5.41, 5.74) is 2.38. The van der Waals surface area contributed by atoms with E-state index in [1.165, 1.54) is 0 Å². The highest BCUT2D eigenvalue weighted by Gasteiger charge is 2.38. The van der Waals surface area contributed by atoms with E-state index in [1.807, 2.05) is 24.0 Å². The van der Waals surface area contributed by atoms with Gasteiger partial charge in [-0.15, -0.1) is 6.58 Å². The minimum atomic E-state index is -0.934. The summed E-state index contributed by atoms with van der Waals surface area (Å²) in [4.78, 5) is 26.4. The van der Waals surface area contributed by atoms with Gasteiger partial charge in [-0.2, -0.15) is 0 Å². The number of carbonyl (C=O) groups excluding carboxylic acids is 1. The largest absolute Gasteiger partial charge is 0.478 e. The average molecular weight is 355 g/mol. The number of fused-ring (bicyclic) bond motifs is 1. The van der Waals surface area contributed by atoms with Crippen LogP contribution in [0.5, 0.6) is 0 Å². The molecular weight excluding hydrogens is 326 g/mol. The number of nitrogens with zero attached hydrogens (tertiary/aromatic N) is 1. The van der Waals surface area contributed by atoms with Crippen LogP contribution < -0.4 is 0 Å². The molecule has 1 aliphatic rings. The van der Waals surface area contributed by atoms with Crippen LogP contribution in [-0.2, 0) is 11.2 Å². The molecule has 3 atom stereocenters. The highest BCUT2D eigenvalue weighted by molar-refractivity contribution is 5.88. The van der Waals surface area contributed by atoms with E-state index in [1.54, 1.807) is 18.2 Å². The summed E-state index contributed by atoms with van der Waals surface area (Å²) in [6.45, 7) is 11.2. The maximum atomic E-state index is 13.2. The first kappa shape index (κ1) is 20.0. The molecule has 0 radical (unpaired) electrons. The van der Waals surface area contributed by atoms with Gasteiger partial charge in [0.1, 0.15) is 0 Å². The van der Waals surface area contributed by atoms with E-state index >= 15 is 0 Å². The SMILES string of the molecule is C=CCN(CCC)C(=O)C1Cc2cc(C(=O)O)ccc2C(/C=C\C)C1C. The Kier molecular flexibility index (Phi) is 6.78. The minimum absolute atomic E-state index is 0.118. The minimum Gasteiger partial charge on any atom is -0.478 e. The topological polar surface area (TPSA) is 57.6 Å². The number of carbonyl (C=O) groups is 2. The lowest BCUT2D eigenvalue weighted by Crippen LogP contribution is -2.43. The molecule has 1 aliphatic carbocycles.